The third kappa shape index (κ3) is 3.78. The van der Waals surface area contributed by atoms with E-state index in [1.54, 1.807) is 0 Å². The van der Waals surface area contributed by atoms with Crippen molar-refractivity contribution in [3.63, 3.8) is 0 Å². The summed E-state index contributed by atoms with van der Waals surface area (Å²) in [6.07, 6.45) is 2.95. The Morgan fingerprint density at radius 2 is 2.20 bits per heavy atom. The van der Waals surface area contributed by atoms with Gasteiger partial charge in [-0.05, 0) is 33.3 Å². The van der Waals surface area contributed by atoms with Crippen LogP contribution in [0.4, 0.5) is 5.82 Å². The predicted octanol–water partition coefficient (Wildman–Crippen LogP) is 2.78. The van der Waals surface area contributed by atoms with E-state index in [0.29, 0.717) is 6.04 Å². The number of nitrogens with zero attached hydrogens (tertiary/aromatic N) is 3. The fourth-order valence-corrected chi connectivity index (χ4v) is 1.72. The summed E-state index contributed by atoms with van der Waals surface area (Å²) in [7, 11) is 0. The molecule has 0 radical (unpaired) electrons. The van der Waals surface area contributed by atoms with Gasteiger partial charge in [0, 0.05) is 24.1 Å². The Hall–Kier alpha value is -0.640. The van der Waals surface area contributed by atoms with Crippen LogP contribution in [0.5, 0.6) is 0 Å². The van der Waals surface area contributed by atoms with Crippen molar-refractivity contribution in [2.24, 2.45) is 0 Å². The molecule has 0 atom stereocenters. The molecule has 0 saturated carbocycles. The molecule has 1 rings (SSSR count). The lowest BCUT2D eigenvalue weighted by Crippen LogP contribution is -2.32. The Bertz CT molecular complexity index is 302. The third-order valence-corrected chi connectivity index (χ3v) is 2.77. The van der Waals surface area contributed by atoms with Gasteiger partial charge < -0.3 is 4.90 Å². The lowest BCUT2D eigenvalue weighted by Gasteiger charge is -2.27. The van der Waals surface area contributed by atoms with Crippen LogP contribution in [0.15, 0.2) is 12.3 Å². The van der Waals surface area contributed by atoms with Crippen LogP contribution in [0.2, 0.25) is 0 Å². The molecule has 0 saturated heterocycles. The molecule has 0 spiro atoms. The Morgan fingerprint density at radius 1 is 1.47 bits per heavy atom. The molecule has 1 aromatic rings. The van der Waals surface area contributed by atoms with Gasteiger partial charge in [-0.1, -0.05) is 15.9 Å². The summed E-state index contributed by atoms with van der Waals surface area (Å²) < 4.78 is 0. The van der Waals surface area contributed by atoms with Gasteiger partial charge in [-0.25, -0.2) is 9.97 Å². The smallest absolute Gasteiger partial charge is 0.132 e. The zero-order valence-corrected chi connectivity index (χ0v) is 11.2. The van der Waals surface area contributed by atoms with E-state index in [0.717, 1.165) is 29.9 Å². The van der Waals surface area contributed by atoms with E-state index in [1.165, 1.54) is 0 Å². The van der Waals surface area contributed by atoms with Crippen LogP contribution >= 0.6 is 15.9 Å². The van der Waals surface area contributed by atoms with E-state index in [1.807, 2.05) is 19.2 Å². The average molecular weight is 272 g/mol. The molecule has 0 fully saturated rings. The van der Waals surface area contributed by atoms with E-state index in [2.05, 4.69) is 44.6 Å². The van der Waals surface area contributed by atoms with Gasteiger partial charge in [0.2, 0.25) is 0 Å². The highest BCUT2D eigenvalue weighted by molar-refractivity contribution is 9.09. The maximum atomic E-state index is 4.45. The summed E-state index contributed by atoms with van der Waals surface area (Å²) in [5.41, 5.74) is 0. The van der Waals surface area contributed by atoms with Crippen molar-refractivity contribution < 1.29 is 0 Å². The number of aromatic nitrogens is 2. The SMILES string of the molecule is Cc1nccc(N(CCCBr)C(C)C)n1. The summed E-state index contributed by atoms with van der Waals surface area (Å²) >= 11 is 3.45. The second kappa shape index (κ2) is 6.05. The molecule has 0 unspecified atom stereocenters. The van der Waals surface area contributed by atoms with Gasteiger partial charge in [-0.15, -0.1) is 0 Å². The highest BCUT2D eigenvalue weighted by Gasteiger charge is 2.11. The molecule has 0 N–H and O–H groups in total. The van der Waals surface area contributed by atoms with Crippen LogP contribution in [-0.2, 0) is 0 Å². The fourth-order valence-electron chi connectivity index (χ4n) is 1.47. The normalized spacial score (nSPS) is 10.7. The zero-order chi connectivity index (χ0) is 11.3. The summed E-state index contributed by atoms with van der Waals surface area (Å²) in [6.45, 7) is 7.32. The van der Waals surface area contributed by atoms with Crippen LogP contribution in [0.1, 0.15) is 26.1 Å². The van der Waals surface area contributed by atoms with Crippen molar-refractivity contribution in [2.75, 3.05) is 16.8 Å². The minimum absolute atomic E-state index is 0.471. The Morgan fingerprint density at radius 3 is 2.73 bits per heavy atom. The first kappa shape index (κ1) is 12.4. The molecule has 0 bridgehead atoms. The van der Waals surface area contributed by atoms with Crippen LogP contribution in [0, 0.1) is 6.92 Å². The van der Waals surface area contributed by atoms with E-state index >= 15 is 0 Å². The van der Waals surface area contributed by atoms with E-state index in [4.69, 9.17) is 0 Å². The van der Waals surface area contributed by atoms with Gasteiger partial charge in [-0.2, -0.15) is 0 Å². The molecule has 0 aromatic carbocycles. The van der Waals surface area contributed by atoms with Crippen molar-refractivity contribution in [1.82, 2.24) is 9.97 Å². The number of rotatable bonds is 5. The molecule has 0 aliphatic heterocycles. The van der Waals surface area contributed by atoms with Crippen LogP contribution in [0.3, 0.4) is 0 Å². The second-order valence-electron chi connectivity index (χ2n) is 3.79. The standard InChI is InChI=1S/C11H18BrN3/c1-9(2)15(8-4-6-12)11-5-7-13-10(3)14-11/h5,7,9H,4,6,8H2,1-3H3. The minimum atomic E-state index is 0.471. The maximum Gasteiger partial charge on any atom is 0.132 e. The van der Waals surface area contributed by atoms with E-state index in [9.17, 15) is 0 Å². The molecule has 4 heteroatoms. The average Bonchev–Trinajstić information content (AvgIpc) is 2.18. The highest BCUT2D eigenvalue weighted by Crippen LogP contribution is 2.14. The summed E-state index contributed by atoms with van der Waals surface area (Å²) in [5.74, 6) is 1.86. The summed E-state index contributed by atoms with van der Waals surface area (Å²) in [5, 5.41) is 1.03. The van der Waals surface area contributed by atoms with Gasteiger partial charge in [-0.3, -0.25) is 0 Å². The first-order valence-electron chi connectivity index (χ1n) is 5.27. The molecule has 0 aliphatic rings. The monoisotopic (exact) mass is 271 g/mol. The van der Waals surface area contributed by atoms with Gasteiger partial charge in [0.25, 0.3) is 0 Å². The second-order valence-corrected chi connectivity index (χ2v) is 4.58. The third-order valence-electron chi connectivity index (χ3n) is 2.21. The van der Waals surface area contributed by atoms with Crippen molar-refractivity contribution in [3.8, 4) is 0 Å². The first-order valence-corrected chi connectivity index (χ1v) is 6.39. The molecule has 1 aromatic heterocycles. The van der Waals surface area contributed by atoms with Gasteiger partial charge in [0.1, 0.15) is 11.6 Å². The van der Waals surface area contributed by atoms with Crippen molar-refractivity contribution in [2.45, 2.75) is 33.2 Å². The molecule has 15 heavy (non-hydrogen) atoms. The topological polar surface area (TPSA) is 29.0 Å². The van der Waals surface area contributed by atoms with Crippen molar-refractivity contribution in [1.29, 1.82) is 0 Å². The van der Waals surface area contributed by atoms with E-state index in [-0.39, 0.29) is 0 Å². The molecule has 1 heterocycles. The number of hydrogen-bond donors (Lipinski definition) is 0. The quantitative estimate of drug-likeness (QED) is 0.772. The summed E-state index contributed by atoms with van der Waals surface area (Å²) in [4.78, 5) is 10.9. The molecular formula is C11H18BrN3. The number of aryl methyl sites for hydroxylation is 1. The fraction of sp³-hybridized carbons (Fsp3) is 0.636. The number of anilines is 1. The van der Waals surface area contributed by atoms with Gasteiger partial charge >= 0.3 is 0 Å². The Labute approximate surface area is 100 Å². The largest absolute Gasteiger partial charge is 0.354 e. The maximum absolute atomic E-state index is 4.45. The van der Waals surface area contributed by atoms with Crippen molar-refractivity contribution in [3.05, 3.63) is 18.1 Å². The number of hydrogen-bond acceptors (Lipinski definition) is 3. The van der Waals surface area contributed by atoms with Crippen LogP contribution in [0.25, 0.3) is 0 Å². The van der Waals surface area contributed by atoms with Gasteiger partial charge in [0.05, 0.1) is 0 Å². The Kier molecular flexibility index (Phi) is 5.02. The molecule has 3 nitrogen and oxygen atoms in total. The Balaban J connectivity index is 2.79. The first-order chi connectivity index (χ1) is 7.15. The zero-order valence-electron chi connectivity index (χ0n) is 9.57. The molecule has 0 aliphatic carbocycles. The van der Waals surface area contributed by atoms with Crippen molar-refractivity contribution >= 4 is 21.7 Å². The lowest BCUT2D eigenvalue weighted by molar-refractivity contribution is 0.662. The number of alkyl halides is 1. The van der Waals surface area contributed by atoms with Crippen LogP contribution in [-0.4, -0.2) is 27.9 Å². The molecule has 0 amide bonds. The molecular weight excluding hydrogens is 254 g/mol. The lowest BCUT2D eigenvalue weighted by atomic mass is 10.3. The predicted molar refractivity (Wildman–Crippen MR) is 67.7 cm³/mol. The highest BCUT2D eigenvalue weighted by atomic mass is 79.9. The number of halogens is 1. The summed E-state index contributed by atoms with van der Waals surface area (Å²) in [6, 6.07) is 2.44. The minimum Gasteiger partial charge on any atom is -0.354 e. The molecule has 84 valence electrons. The van der Waals surface area contributed by atoms with Crippen LogP contribution < -0.4 is 4.90 Å². The van der Waals surface area contributed by atoms with E-state index < -0.39 is 0 Å². The van der Waals surface area contributed by atoms with Gasteiger partial charge in [0.15, 0.2) is 0 Å².